The van der Waals surface area contributed by atoms with E-state index >= 15 is 4.39 Å². The number of anilines is 1. The van der Waals surface area contributed by atoms with Crippen LogP contribution in [-0.4, -0.2) is 55.5 Å². The van der Waals surface area contributed by atoms with Crippen molar-refractivity contribution in [2.45, 2.75) is 69.9 Å². The fraction of sp³-hybridized carbons (Fsp3) is 0.548. The predicted octanol–water partition coefficient (Wildman–Crippen LogP) is 5.73. The Morgan fingerprint density at radius 3 is 2.60 bits per heavy atom. The Hall–Kier alpha value is -2.19. The molecule has 9 heteroatoms. The number of carbonyl (C=O) groups excluding carboxylic acids is 2. The van der Waals surface area contributed by atoms with Crippen LogP contribution in [0.1, 0.15) is 63.5 Å². The first-order valence-electron chi connectivity index (χ1n) is 14.2. The third-order valence-electron chi connectivity index (χ3n) is 8.91. The second-order valence-electron chi connectivity index (χ2n) is 12.9. The van der Waals surface area contributed by atoms with Crippen LogP contribution in [-0.2, 0) is 15.0 Å². The van der Waals surface area contributed by atoms with Gasteiger partial charge in [-0.2, -0.15) is 0 Å². The van der Waals surface area contributed by atoms with Gasteiger partial charge in [0, 0.05) is 29.2 Å². The molecule has 0 radical (unpaired) electrons. The second-order valence-corrected chi connectivity index (χ2v) is 13.8. The molecule has 3 heterocycles. The molecular weight excluding hydrogens is 550 g/mol. The summed E-state index contributed by atoms with van der Waals surface area (Å²) in [6.07, 6.45) is 3.70. The summed E-state index contributed by atoms with van der Waals surface area (Å²) in [5, 5.41) is 10.1. The van der Waals surface area contributed by atoms with Gasteiger partial charge in [-0.1, -0.05) is 62.2 Å². The Morgan fingerprint density at radius 1 is 1.18 bits per heavy atom. The number of halogens is 3. The fourth-order valence-electron chi connectivity index (χ4n) is 7.01. The number of benzene rings is 2. The van der Waals surface area contributed by atoms with Crippen molar-refractivity contribution in [1.82, 2.24) is 15.5 Å². The fourth-order valence-corrected chi connectivity index (χ4v) is 7.37. The van der Waals surface area contributed by atoms with Gasteiger partial charge in [0.25, 0.3) is 0 Å². The third-order valence-corrected chi connectivity index (χ3v) is 9.44. The summed E-state index contributed by atoms with van der Waals surface area (Å²) >= 11 is 12.6. The van der Waals surface area contributed by atoms with Gasteiger partial charge in [0.2, 0.25) is 11.8 Å². The van der Waals surface area contributed by atoms with E-state index in [4.69, 9.17) is 23.2 Å². The number of amides is 2. The van der Waals surface area contributed by atoms with E-state index in [9.17, 15) is 9.59 Å². The van der Waals surface area contributed by atoms with E-state index < -0.39 is 29.2 Å². The van der Waals surface area contributed by atoms with E-state index in [1.165, 1.54) is 6.07 Å². The molecule has 0 aromatic heterocycles. The molecule has 216 valence electrons. The lowest BCUT2D eigenvalue weighted by molar-refractivity contribution is -0.123. The largest absolute Gasteiger partial charge is 0.355 e. The van der Waals surface area contributed by atoms with Crippen molar-refractivity contribution in [1.29, 1.82) is 0 Å². The highest BCUT2D eigenvalue weighted by atomic mass is 35.5. The number of rotatable bonds is 6. The monoisotopic (exact) mass is 588 g/mol. The van der Waals surface area contributed by atoms with E-state index in [0.717, 1.165) is 37.9 Å². The number of nitrogens with zero attached hydrogens (tertiary/aromatic N) is 1. The minimum atomic E-state index is -1.24. The molecule has 0 bridgehead atoms. The highest BCUT2D eigenvalue weighted by molar-refractivity contribution is 6.31. The standard InChI is InChI=1S/C31H39Cl2FN4O2/c1-30(2,3)17-24-31(21-9-8-19(32)16-23(21)36-29(31)40)25(20-6-5-7-22(33)26(20)34)27(37-24)28(39)35-13-10-18-11-14-38(4)15-12-18/h5-9,16,18,24-25,27,37H,10-15,17H2,1-4H3,(H,35,39)(H,36,40)/t24-,25+,27-,31?/m1/s1. The van der Waals surface area contributed by atoms with Gasteiger partial charge < -0.3 is 20.9 Å². The van der Waals surface area contributed by atoms with Crippen molar-refractivity contribution in [3.8, 4) is 0 Å². The highest BCUT2D eigenvalue weighted by Crippen LogP contribution is 2.57. The van der Waals surface area contributed by atoms with Crippen LogP contribution in [0, 0.1) is 17.2 Å². The molecule has 1 spiro atoms. The summed E-state index contributed by atoms with van der Waals surface area (Å²) in [7, 11) is 2.13. The van der Waals surface area contributed by atoms with Gasteiger partial charge in [0.1, 0.15) is 11.2 Å². The number of fused-ring (bicyclic) bond motifs is 2. The summed E-state index contributed by atoms with van der Waals surface area (Å²) < 4.78 is 15.8. The molecule has 2 amide bonds. The smallest absolute Gasteiger partial charge is 0.237 e. The van der Waals surface area contributed by atoms with Crippen LogP contribution in [0.25, 0.3) is 0 Å². The van der Waals surface area contributed by atoms with Crippen LogP contribution < -0.4 is 16.0 Å². The van der Waals surface area contributed by atoms with E-state index in [2.05, 4.69) is 48.7 Å². The lowest BCUT2D eigenvalue weighted by Crippen LogP contribution is -2.49. The van der Waals surface area contributed by atoms with E-state index in [1.807, 2.05) is 6.07 Å². The van der Waals surface area contributed by atoms with Gasteiger partial charge in [0.15, 0.2) is 0 Å². The number of nitrogens with one attached hydrogen (secondary N) is 3. The Kier molecular flexibility index (Phi) is 8.23. The first-order chi connectivity index (χ1) is 18.9. The number of hydrogen-bond donors (Lipinski definition) is 3. The van der Waals surface area contributed by atoms with Crippen molar-refractivity contribution in [2.24, 2.45) is 11.3 Å². The Balaban J connectivity index is 1.56. The minimum absolute atomic E-state index is 0.0388. The van der Waals surface area contributed by atoms with Crippen LogP contribution >= 0.6 is 23.2 Å². The number of piperidine rings is 1. The molecule has 3 aliphatic heterocycles. The molecule has 4 atom stereocenters. The molecule has 2 saturated heterocycles. The summed E-state index contributed by atoms with van der Waals surface area (Å²) in [4.78, 5) is 30.5. The lowest BCUT2D eigenvalue weighted by Gasteiger charge is -2.37. The van der Waals surface area contributed by atoms with Crippen LogP contribution in [0.3, 0.4) is 0 Å². The van der Waals surface area contributed by atoms with Crippen molar-refractivity contribution in [3.63, 3.8) is 0 Å². The lowest BCUT2D eigenvalue weighted by atomic mass is 9.62. The second kappa shape index (κ2) is 11.2. The maximum absolute atomic E-state index is 15.8. The average molecular weight is 590 g/mol. The van der Waals surface area contributed by atoms with Crippen LogP contribution in [0.15, 0.2) is 36.4 Å². The first-order valence-corrected chi connectivity index (χ1v) is 14.9. The van der Waals surface area contributed by atoms with Gasteiger partial charge in [-0.25, -0.2) is 4.39 Å². The maximum Gasteiger partial charge on any atom is 0.237 e. The molecule has 0 saturated carbocycles. The molecule has 1 unspecified atom stereocenters. The molecule has 6 nitrogen and oxygen atoms in total. The number of carbonyl (C=O) groups is 2. The quantitative estimate of drug-likeness (QED) is 0.403. The van der Waals surface area contributed by atoms with E-state index in [1.54, 1.807) is 24.3 Å². The summed E-state index contributed by atoms with van der Waals surface area (Å²) in [6, 6.07) is 8.83. The zero-order valence-electron chi connectivity index (χ0n) is 23.6. The summed E-state index contributed by atoms with van der Waals surface area (Å²) in [5.41, 5.74) is 0.139. The molecular formula is C31H39Cl2FN4O2. The van der Waals surface area contributed by atoms with Gasteiger partial charge >= 0.3 is 0 Å². The zero-order chi connectivity index (χ0) is 28.8. The molecule has 2 aromatic carbocycles. The van der Waals surface area contributed by atoms with E-state index in [-0.39, 0.29) is 27.8 Å². The predicted molar refractivity (Wildman–Crippen MR) is 159 cm³/mol. The molecule has 3 N–H and O–H groups in total. The van der Waals surface area contributed by atoms with Crippen molar-refractivity contribution < 1.29 is 14.0 Å². The zero-order valence-corrected chi connectivity index (χ0v) is 25.1. The van der Waals surface area contributed by atoms with Crippen molar-refractivity contribution >= 4 is 40.7 Å². The van der Waals surface area contributed by atoms with Crippen LogP contribution in [0.2, 0.25) is 10.0 Å². The molecule has 3 aliphatic rings. The van der Waals surface area contributed by atoms with Crippen LogP contribution in [0.4, 0.5) is 10.1 Å². The Labute approximate surface area is 246 Å². The number of hydrogen-bond acceptors (Lipinski definition) is 4. The van der Waals surface area contributed by atoms with Gasteiger partial charge in [0.05, 0.1) is 11.1 Å². The van der Waals surface area contributed by atoms with E-state index in [0.29, 0.717) is 29.6 Å². The Morgan fingerprint density at radius 2 is 1.90 bits per heavy atom. The highest BCUT2D eigenvalue weighted by Gasteiger charge is 2.66. The van der Waals surface area contributed by atoms with Gasteiger partial charge in [-0.15, -0.1) is 0 Å². The number of likely N-dealkylation sites (tertiary alicyclic amines) is 1. The average Bonchev–Trinajstić information content (AvgIpc) is 3.35. The normalized spacial score (nSPS) is 27.2. The molecule has 0 aliphatic carbocycles. The molecule has 40 heavy (non-hydrogen) atoms. The van der Waals surface area contributed by atoms with Crippen LogP contribution in [0.5, 0.6) is 0 Å². The van der Waals surface area contributed by atoms with Gasteiger partial charge in [-0.3, -0.25) is 9.59 Å². The maximum atomic E-state index is 15.8. The SMILES string of the molecule is CN1CCC(CCNC(=O)[C@@H]2N[C@H](CC(C)(C)C)C3(C(=O)Nc4cc(Cl)ccc43)[C@H]2c2cccc(Cl)c2F)CC1. The third kappa shape index (κ3) is 5.38. The first kappa shape index (κ1) is 29.3. The summed E-state index contributed by atoms with van der Waals surface area (Å²) in [5.74, 6) is -1.37. The summed E-state index contributed by atoms with van der Waals surface area (Å²) in [6.45, 7) is 8.96. The Bertz CT molecular complexity index is 1290. The molecule has 2 aromatic rings. The molecule has 5 rings (SSSR count). The minimum Gasteiger partial charge on any atom is -0.355 e. The van der Waals surface area contributed by atoms with Crippen molar-refractivity contribution in [3.05, 3.63) is 63.4 Å². The molecule has 2 fully saturated rings. The van der Waals surface area contributed by atoms with Crippen molar-refractivity contribution in [2.75, 3.05) is 32.0 Å². The van der Waals surface area contributed by atoms with Gasteiger partial charge in [-0.05, 0) is 86.5 Å². The topological polar surface area (TPSA) is 73.5 Å².